The minimum absolute atomic E-state index is 0.106. The first-order chi connectivity index (χ1) is 23.4. The van der Waals surface area contributed by atoms with E-state index in [9.17, 15) is 32.4 Å². The Morgan fingerprint density at radius 2 is 1.61 bits per heavy atom. The average Bonchev–Trinajstić information content (AvgIpc) is 3.90. The maximum Gasteiger partial charge on any atom is 0.411 e. The van der Waals surface area contributed by atoms with Gasteiger partial charge in [0.05, 0.1) is 11.8 Å². The van der Waals surface area contributed by atoms with Gasteiger partial charge < -0.3 is 25.0 Å². The lowest BCUT2D eigenvalue weighted by molar-refractivity contribution is -0.143. The molecule has 5 unspecified atom stereocenters. The van der Waals surface area contributed by atoms with Crippen molar-refractivity contribution < 1.29 is 41.9 Å². The smallest absolute Gasteiger partial charge is 0.411 e. The maximum atomic E-state index is 14.3. The van der Waals surface area contributed by atoms with Crippen molar-refractivity contribution in [3.8, 4) is 0 Å². The molecule has 15 heteroatoms. The Hall–Kier alpha value is -4.14. The van der Waals surface area contributed by atoms with Crippen molar-refractivity contribution in [3.63, 3.8) is 0 Å². The second kappa shape index (κ2) is 14.1. The highest BCUT2D eigenvalue weighted by molar-refractivity contribution is 7.91. The number of para-hydroxylation sites is 1. The Labute approximate surface area is 300 Å². The monoisotopic (exact) mass is 731 g/mol. The van der Waals surface area contributed by atoms with Gasteiger partial charge >= 0.3 is 12.2 Å². The molecule has 1 aliphatic heterocycles. The van der Waals surface area contributed by atoms with E-state index in [2.05, 4.69) is 27.3 Å². The zero-order valence-electron chi connectivity index (χ0n) is 31.0. The molecule has 0 aromatic heterocycles. The van der Waals surface area contributed by atoms with E-state index in [1.54, 1.807) is 53.7 Å². The standard InChI is InChI=1S/C36H53N5O9S/c1-11-21-19-36(21,30(44)40-51(47,48)23-16-17-23)39-28(42)26-18-22(49-31(45)37-25-15-13-12-14-24(25)33(2,3)4)20-41(26)29(43)27(34(5,6)7)38-32(46)50-35(8,9)10/h11-15,21-23,26-27H,1,16-20H2,2-10H3,(H,37,45)(H,38,46)(H,39,42)(H,40,44). The fraction of sp³-hybridized carbons (Fsp3) is 0.639. The number of hydrogen-bond acceptors (Lipinski definition) is 9. The SMILES string of the molecule is C=CC1CC1(NC(=O)C1CC(OC(=O)Nc2ccccc2C(C)(C)C)CN1C(=O)C(NC(=O)OC(C)(C)C)C(C)(C)C)C(=O)NS(=O)(=O)C1CC1. The van der Waals surface area contributed by atoms with E-state index in [1.165, 1.54) is 11.0 Å². The van der Waals surface area contributed by atoms with Crippen LogP contribution in [-0.4, -0.2) is 84.3 Å². The highest BCUT2D eigenvalue weighted by Gasteiger charge is 2.62. The fourth-order valence-corrected chi connectivity index (χ4v) is 7.53. The Morgan fingerprint density at radius 3 is 2.14 bits per heavy atom. The van der Waals surface area contributed by atoms with E-state index in [-0.39, 0.29) is 24.8 Å². The molecule has 5 atom stereocenters. The number of carbonyl (C=O) groups excluding carboxylic acids is 5. The Morgan fingerprint density at radius 1 is 0.980 bits per heavy atom. The second-order valence-electron chi connectivity index (χ2n) is 16.8. The van der Waals surface area contributed by atoms with Crippen molar-refractivity contribution in [2.75, 3.05) is 11.9 Å². The molecule has 14 nitrogen and oxygen atoms in total. The molecular formula is C36H53N5O9S. The zero-order chi connectivity index (χ0) is 38.3. The number of nitrogens with one attached hydrogen (secondary N) is 4. The largest absolute Gasteiger partial charge is 0.444 e. The number of benzene rings is 1. The maximum absolute atomic E-state index is 14.3. The van der Waals surface area contributed by atoms with Crippen molar-refractivity contribution in [2.45, 2.75) is 128 Å². The number of sulfonamides is 1. The molecule has 0 radical (unpaired) electrons. The summed E-state index contributed by atoms with van der Waals surface area (Å²) in [6.45, 7) is 19.8. The third-order valence-corrected chi connectivity index (χ3v) is 10.9. The van der Waals surface area contributed by atoms with Crippen molar-refractivity contribution in [1.29, 1.82) is 0 Å². The fourth-order valence-electron chi connectivity index (χ4n) is 6.17. The third kappa shape index (κ3) is 9.60. The Balaban J connectivity index is 1.61. The predicted molar refractivity (Wildman–Crippen MR) is 191 cm³/mol. The molecule has 51 heavy (non-hydrogen) atoms. The van der Waals surface area contributed by atoms with Crippen LogP contribution in [0.3, 0.4) is 0 Å². The minimum atomic E-state index is -3.92. The molecule has 4 rings (SSSR count). The van der Waals surface area contributed by atoms with Gasteiger partial charge in [0.2, 0.25) is 21.8 Å². The molecule has 0 spiro atoms. The van der Waals surface area contributed by atoms with E-state index in [0.29, 0.717) is 18.5 Å². The van der Waals surface area contributed by atoms with Crippen molar-refractivity contribution in [2.24, 2.45) is 11.3 Å². The summed E-state index contributed by atoms with van der Waals surface area (Å²) in [4.78, 5) is 69.2. The van der Waals surface area contributed by atoms with Gasteiger partial charge in [-0.1, -0.05) is 65.8 Å². The number of amides is 5. The van der Waals surface area contributed by atoms with Crippen molar-refractivity contribution >= 4 is 45.6 Å². The molecule has 1 aromatic carbocycles. The van der Waals surface area contributed by atoms with Gasteiger partial charge in [0, 0.05) is 18.0 Å². The second-order valence-corrected chi connectivity index (χ2v) is 18.8. The molecule has 4 N–H and O–H groups in total. The number of anilines is 1. The number of ether oxygens (including phenoxy) is 2. The van der Waals surface area contributed by atoms with Crippen LogP contribution < -0.4 is 20.7 Å². The van der Waals surface area contributed by atoms with Crippen LogP contribution in [0.15, 0.2) is 36.9 Å². The molecule has 5 amide bonds. The normalized spacial score (nSPS) is 24.1. The Bertz CT molecular complexity index is 1670. The zero-order valence-corrected chi connectivity index (χ0v) is 31.9. The molecule has 1 saturated heterocycles. The highest BCUT2D eigenvalue weighted by Crippen LogP contribution is 2.45. The van der Waals surface area contributed by atoms with Gasteiger partial charge in [-0.25, -0.2) is 18.0 Å². The lowest BCUT2D eigenvalue weighted by atomic mass is 9.85. The van der Waals surface area contributed by atoms with Gasteiger partial charge in [0.25, 0.3) is 5.91 Å². The van der Waals surface area contributed by atoms with Gasteiger partial charge in [-0.05, 0) is 62.5 Å². The first kappa shape index (κ1) is 39.6. The first-order valence-electron chi connectivity index (χ1n) is 17.3. The van der Waals surface area contributed by atoms with Crippen LogP contribution in [0.2, 0.25) is 0 Å². The molecule has 3 aliphatic rings. The van der Waals surface area contributed by atoms with Gasteiger partial charge in [0.1, 0.15) is 29.3 Å². The summed E-state index contributed by atoms with van der Waals surface area (Å²) >= 11 is 0. The average molecular weight is 732 g/mol. The van der Waals surface area contributed by atoms with E-state index >= 15 is 0 Å². The van der Waals surface area contributed by atoms with Gasteiger partial charge in [-0.3, -0.25) is 24.4 Å². The highest BCUT2D eigenvalue weighted by atomic mass is 32.2. The van der Waals surface area contributed by atoms with E-state index < -0.39 is 85.8 Å². The number of carbonyl (C=O) groups is 5. The summed E-state index contributed by atoms with van der Waals surface area (Å²) in [7, 11) is -3.92. The molecule has 3 fully saturated rings. The number of rotatable bonds is 10. The summed E-state index contributed by atoms with van der Waals surface area (Å²) in [5, 5.41) is 7.48. The van der Waals surface area contributed by atoms with Crippen LogP contribution in [0.1, 0.15) is 93.6 Å². The van der Waals surface area contributed by atoms with Gasteiger partial charge in [-0.2, -0.15) is 0 Å². The van der Waals surface area contributed by atoms with Gasteiger partial charge in [-0.15, -0.1) is 6.58 Å². The van der Waals surface area contributed by atoms with Crippen LogP contribution in [0, 0.1) is 11.3 Å². The molecule has 1 aromatic rings. The summed E-state index contributed by atoms with van der Waals surface area (Å²) in [6, 6.07) is 4.87. The van der Waals surface area contributed by atoms with E-state index in [1.807, 2.05) is 32.9 Å². The molecule has 2 saturated carbocycles. The molecule has 0 bridgehead atoms. The lowest BCUT2D eigenvalue weighted by Crippen LogP contribution is -2.60. The number of nitrogens with zero attached hydrogens (tertiary/aromatic N) is 1. The third-order valence-electron chi connectivity index (χ3n) is 9.12. The van der Waals surface area contributed by atoms with E-state index in [4.69, 9.17) is 9.47 Å². The lowest BCUT2D eigenvalue weighted by Gasteiger charge is -2.36. The van der Waals surface area contributed by atoms with Crippen LogP contribution in [0.25, 0.3) is 0 Å². The molecule has 2 aliphatic carbocycles. The van der Waals surface area contributed by atoms with Gasteiger partial charge in [0.15, 0.2) is 0 Å². The van der Waals surface area contributed by atoms with Crippen molar-refractivity contribution in [1.82, 2.24) is 20.3 Å². The van der Waals surface area contributed by atoms with Crippen LogP contribution in [-0.2, 0) is 39.3 Å². The number of alkyl carbamates (subject to hydrolysis) is 1. The summed E-state index contributed by atoms with van der Waals surface area (Å²) in [6.07, 6.45) is -0.263. The molecule has 1 heterocycles. The first-order valence-corrected chi connectivity index (χ1v) is 18.8. The molecule has 282 valence electrons. The molecular weight excluding hydrogens is 678 g/mol. The Kier molecular flexibility index (Phi) is 11.0. The number of likely N-dealkylation sites (tertiary alicyclic amines) is 1. The minimum Gasteiger partial charge on any atom is -0.444 e. The summed E-state index contributed by atoms with van der Waals surface area (Å²) < 4.78 is 38.6. The van der Waals surface area contributed by atoms with Crippen molar-refractivity contribution in [3.05, 3.63) is 42.5 Å². The van der Waals surface area contributed by atoms with E-state index in [0.717, 1.165) is 5.56 Å². The number of hydrogen-bond donors (Lipinski definition) is 4. The predicted octanol–water partition coefficient (Wildman–Crippen LogP) is 4.11. The van der Waals surface area contributed by atoms with Crippen LogP contribution in [0.4, 0.5) is 15.3 Å². The van der Waals surface area contributed by atoms with Crippen LogP contribution >= 0.6 is 0 Å². The van der Waals surface area contributed by atoms with Crippen LogP contribution in [0.5, 0.6) is 0 Å². The topological polar surface area (TPSA) is 189 Å². The summed E-state index contributed by atoms with van der Waals surface area (Å²) in [5.74, 6) is -2.82. The quantitative estimate of drug-likeness (QED) is 0.257. The summed E-state index contributed by atoms with van der Waals surface area (Å²) in [5.41, 5.74) is -2.18.